The summed E-state index contributed by atoms with van der Waals surface area (Å²) < 4.78 is 4.78. The predicted octanol–water partition coefficient (Wildman–Crippen LogP) is 0.745. The smallest absolute Gasteiger partial charge is 0.274 e. The van der Waals surface area contributed by atoms with E-state index in [1.807, 2.05) is 0 Å². The minimum Gasteiger partial charge on any atom is -0.361 e. The summed E-state index contributed by atoms with van der Waals surface area (Å²) in [5, 5.41) is 6.22. The van der Waals surface area contributed by atoms with Crippen LogP contribution < -0.4 is 5.32 Å². The van der Waals surface area contributed by atoms with E-state index in [1.165, 1.54) is 11.8 Å². The van der Waals surface area contributed by atoms with E-state index in [4.69, 9.17) is 4.52 Å². The normalized spacial score (nSPS) is 20.6. The molecular weight excluding hydrogens is 216 g/mol. The zero-order chi connectivity index (χ0) is 10.8. The van der Waals surface area contributed by atoms with Crippen LogP contribution in [0.1, 0.15) is 22.7 Å². The van der Waals surface area contributed by atoms with E-state index in [-0.39, 0.29) is 22.8 Å². The lowest BCUT2D eigenvalue weighted by atomic mass is 10.2. The van der Waals surface area contributed by atoms with Crippen LogP contribution in [0.15, 0.2) is 10.6 Å². The Morgan fingerprint density at radius 2 is 2.53 bits per heavy atom. The third-order valence-electron chi connectivity index (χ3n) is 2.10. The average molecular weight is 226 g/mol. The summed E-state index contributed by atoms with van der Waals surface area (Å²) in [5.74, 6) is 0.988. The van der Waals surface area contributed by atoms with Crippen LogP contribution in [0.3, 0.4) is 0 Å². The molecule has 0 radical (unpaired) electrons. The number of thioether (sulfide) groups is 1. The second-order valence-electron chi connectivity index (χ2n) is 3.31. The van der Waals surface area contributed by atoms with Gasteiger partial charge in [-0.25, -0.2) is 0 Å². The monoisotopic (exact) mass is 226 g/mol. The van der Waals surface area contributed by atoms with E-state index in [9.17, 15) is 9.59 Å². The Kier molecular flexibility index (Phi) is 2.77. The maximum Gasteiger partial charge on any atom is 0.274 e. The molecule has 1 unspecified atom stereocenters. The molecule has 1 N–H and O–H groups in total. The molecule has 1 atom stereocenters. The maximum atomic E-state index is 11.6. The Balaban J connectivity index is 2.00. The Bertz CT molecular complexity index is 402. The number of amides is 1. The summed E-state index contributed by atoms with van der Waals surface area (Å²) in [6.07, 6.45) is 0.687. The fourth-order valence-corrected chi connectivity index (χ4v) is 2.27. The van der Waals surface area contributed by atoms with Crippen molar-refractivity contribution in [2.45, 2.75) is 19.4 Å². The molecule has 0 spiro atoms. The summed E-state index contributed by atoms with van der Waals surface area (Å²) in [6, 6.07) is 1.17. The Hall–Kier alpha value is -1.30. The molecule has 15 heavy (non-hydrogen) atoms. The highest BCUT2D eigenvalue weighted by Gasteiger charge is 2.27. The van der Waals surface area contributed by atoms with Crippen LogP contribution in [0.5, 0.6) is 0 Å². The molecule has 1 aliphatic rings. The van der Waals surface area contributed by atoms with Gasteiger partial charge in [0.15, 0.2) is 5.69 Å². The molecule has 1 aromatic rings. The van der Waals surface area contributed by atoms with Gasteiger partial charge in [0.05, 0.1) is 6.04 Å². The highest BCUT2D eigenvalue weighted by Crippen LogP contribution is 2.19. The van der Waals surface area contributed by atoms with Gasteiger partial charge < -0.3 is 9.84 Å². The van der Waals surface area contributed by atoms with E-state index >= 15 is 0 Å². The van der Waals surface area contributed by atoms with Crippen molar-refractivity contribution < 1.29 is 14.1 Å². The van der Waals surface area contributed by atoms with Gasteiger partial charge in [0, 0.05) is 11.8 Å². The van der Waals surface area contributed by atoms with E-state index < -0.39 is 0 Å². The van der Waals surface area contributed by atoms with Gasteiger partial charge in [-0.2, -0.15) is 0 Å². The molecule has 6 heteroatoms. The summed E-state index contributed by atoms with van der Waals surface area (Å²) in [6.45, 7) is 1.71. The number of hydrogen-bond acceptors (Lipinski definition) is 5. The van der Waals surface area contributed by atoms with Crippen LogP contribution in [0.25, 0.3) is 0 Å². The van der Waals surface area contributed by atoms with Crippen LogP contribution in [0, 0.1) is 6.92 Å². The van der Waals surface area contributed by atoms with Crippen molar-refractivity contribution in [3.8, 4) is 0 Å². The minimum atomic E-state index is -0.375. The number of aromatic nitrogens is 1. The second-order valence-corrected chi connectivity index (χ2v) is 4.40. The first-order chi connectivity index (χ1) is 7.16. The first-order valence-corrected chi connectivity index (χ1v) is 5.56. The molecule has 1 aliphatic heterocycles. The third-order valence-corrected chi connectivity index (χ3v) is 3.11. The number of rotatable bonds is 2. The number of carbonyl (C=O) groups excluding carboxylic acids is 2. The molecule has 1 fully saturated rings. The van der Waals surface area contributed by atoms with Crippen molar-refractivity contribution in [2.24, 2.45) is 0 Å². The molecule has 1 saturated heterocycles. The molecule has 2 rings (SSSR count). The van der Waals surface area contributed by atoms with Gasteiger partial charge in [-0.15, -0.1) is 0 Å². The number of carbonyl (C=O) groups is 2. The quantitative estimate of drug-likeness (QED) is 0.805. The SMILES string of the molecule is Cc1cc(C(=O)NC2CCSC2=O)no1. The second kappa shape index (κ2) is 4.06. The van der Waals surface area contributed by atoms with Crippen molar-refractivity contribution in [1.29, 1.82) is 0 Å². The molecule has 2 heterocycles. The summed E-state index contributed by atoms with van der Waals surface area (Å²) in [7, 11) is 0. The predicted molar refractivity (Wildman–Crippen MR) is 54.6 cm³/mol. The minimum absolute atomic E-state index is 0.0172. The Labute approximate surface area is 90.6 Å². The van der Waals surface area contributed by atoms with Gasteiger partial charge >= 0.3 is 0 Å². The molecule has 0 aromatic carbocycles. The standard InChI is InChI=1S/C9H10N2O3S/c1-5-4-7(11-14-5)8(12)10-6-2-3-15-9(6)13/h4,6H,2-3H2,1H3,(H,10,12). The molecule has 80 valence electrons. The fraction of sp³-hybridized carbons (Fsp3) is 0.444. The Morgan fingerprint density at radius 1 is 1.73 bits per heavy atom. The van der Waals surface area contributed by atoms with Gasteiger partial charge in [0.25, 0.3) is 5.91 Å². The fourth-order valence-electron chi connectivity index (χ4n) is 1.33. The molecule has 1 aromatic heterocycles. The van der Waals surface area contributed by atoms with Crippen molar-refractivity contribution >= 4 is 22.8 Å². The third kappa shape index (κ3) is 2.20. The van der Waals surface area contributed by atoms with Gasteiger partial charge in [0.2, 0.25) is 5.12 Å². The zero-order valence-corrected chi connectivity index (χ0v) is 8.97. The average Bonchev–Trinajstić information content (AvgIpc) is 2.77. The van der Waals surface area contributed by atoms with Crippen molar-refractivity contribution in [1.82, 2.24) is 10.5 Å². The number of aryl methyl sites for hydroxylation is 1. The van der Waals surface area contributed by atoms with Gasteiger partial charge in [-0.05, 0) is 13.3 Å². The van der Waals surface area contributed by atoms with Crippen LogP contribution >= 0.6 is 11.8 Å². The first-order valence-electron chi connectivity index (χ1n) is 4.57. The van der Waals surface area contributed by atoms with E-state index in [0.29, 0.717) is 12.2 Å². The van der Waals surface area contributed by atoms with E-state index in [1.54, 1.807) is 13.0 Å². The van der Waals surface area contributed by atoms with Crippen LogP contribution in [0.4, 0.5) is 0 Å². The highest BCUT2D eigenvalue weighted by molar-refractivity contribution is 8.14. The number of nitrogens with zero attached hydrogens (tertiary/aromatic N) is 1. The van der Waals surface area contributed by atoms with Crippen LogP contribution in [-0.4, -0.2) is 28.0 Å². The van der Waals surface area contributed by atoms with Crippen molar-refractivity contribution in [2.75, 3.05) is 5.75 Å². The van der Waals surface area contributed by atoms with Crippen molar-refractivity contribution in [3.05, 3.63) is 17.5 Å². The highest BCUT2D eigenvalue weighted by atomic mass is 32.2. The number of nitrogens with one attached hydrogen (secondary N) is 1. The summed E-state index contributed by atoms with van der Waals surface area (Å²) in [4.78, 5) is 22.8. The molecule has 5 nitrogen and oxygen atoms in total. The molecular formula is C9H10N2O3S. The molecule has 0 bridgehead atoms. The van der Waals surface area contributed by atoms with Gasteiger partial charge in [0.1, 0.15) is 5.76 Å². The lowest BCUT2D eigenvalue weighted by molar-refractivity contribution is -0.112. The molecule has 1 amide bonds. The Morgan fingerprint density at radius 3 is 3.07 bits per heavy atom. The molecule has 0 aliphatic carbocycles. The lowest BCUT2D eigenvalue weighted by Gasteiger charge is -2.07. The maximum absolute atomic E-state index is 11.6. The van der Waals surface area contributed by atoms with E-state index in [0.717, 1.165) is 5.75 Å². The largest absolute Gasteiger partial charge is 0.361 e. The summed E-state index contributed by atoms with van der Waals surface area (Å²) in [5.41, 5.74) is 0.220. The zero-order valence-electron chi connectivity index (χ0n) is 8.15. The number of hydrogen-bond donors (Lipinski definition) is 1. The van der Waals surface area contributed by atoms with Gasteiger partial charge in [-0.3, -0.25) is 9.59 Å². The molecule has 0 saturated carbocycles. The van der Waals surface area contributed by atoms with Crippen LogP contribution in [-0.2, 0) is 4.79 Å². The topological polar surface area (TPSA) is 72.2 Å². The summed E-state index contributed by atoms with van der Waals surface area (Å²) >= 11 is 1.25. The first kappa shape index (κ1) is 10.2. The van der Waals surface area contributed by atoms with Gasteiger partial charge in [-0.1, -0.05) is 16.9 Å². The lowest BCUT2D eigenvalue weighted by Crippen LogP contribution is -2.37. The van der Waals surface area contributed by atoms with Crippen LogP contribution in [0.2, 0.25) is 0 Å². The van der Waals surface area contributed by atoms with E-state index in [2.05, 4.69) is 10.5 Å². The van der Waals surface area contributed by atoms with Crippen molar-refractivity contribution in [3.63, 3.8) is 0 Å².